The highest BCUT2D eigenvalue weighted by Gasteiger charge is 2.16. The van der Waals surface area contributed by atoms with E-state index in [-0.39, 0.29) is 6.04 Å². The lowest BCUT2D eigenvalue weighted by Gasteiger charge is -2.19. The Morgan fingerprint density at radius 2 is 1.95 bits per heavy atom. The number of benzene rings is 2. The first-order chi connectivity index (χ1) is 9.65. The number of rotatable bonds is 5. The smallest absolute Gasteiger partial charge is 0.0725 e. The Morgan fingerprint density at radius 1 is 1.15 bits per heavy atom. The van der Waals surface area contributed by atoms with Crippen molar-refractivity contribution in [3.05, 3.63) is 69.2 Å². The Hall–Kier alpha value is -1.06. The summed E-state index contributed by atoms with van der Waals surface area (Å²) in [4.78, 5) is 0. The zero-order chi connectivity index (χ0) is 14.5. The van der Waals surface area contributed by atoms with E-state index in [9.17, 15) is 0 Å². The van der Waals surface area contributed by atoms with Crippen LogP contribution in [0.2, 0.25) is 10.0 Å². The standard InChI is InChI=1S/C16H18Cl2N2/c1-2-4-11-5-3-6-12(9-11)16(20-19)14-10-13(17)7-8-15(14)18/h3,5-10,16,20H,2,4,19H2,1H3. The van der Waals surface area contributed by atoms with Crippen molar-refractivity contribution in [2.75, 3.05) is 0 Å². The predicted octanol–water partition coefficient (Wildman–Crippen LogP) is 4.50. The molecule has 0 saturated carbocycles. The van der Waals surface area contributed by atoms with Gasteiger partial charge in [0.15, 0.2) is 0 Å². The van der Waals surface area contributed by atoms with Crippen LogP contribution in [0.15, 0.2) is 42.5 Å². The third kappa shape index (κ3) is 3.53. The van der Waals surface area contributed by atoms with Crippen molar-refractivity contribution in [2.45, 2.75) is 25.8 Å². The van der Waals surface area contributed by atoms with E-state index in [4.69, 9.17) is 29.0 Å². The van der Waals surface area contributed by atoms with Crippen molar-refractivity contribution in [2.24, 2.45) is 5.84 Å². The van der Waals surface area contributed by atoms with Crippen LogP contribution < -0.4 is 11.3 Å². The number of nitrogens with two attached hydrogens (primary N) is 1. The minimum absolute atomic E-state index is 0.169. The Kier molecular flexibility index (Phi) is 5.44. The van der Waals surface area contributed by atoms with Crippen LogP contribution in [-0.2, 0) is 6.42 Å². The molecule has 0 aliphatic rings. The molecule has 2 aromatic carbocycles. The second-order valence-electron chi connectivity index (χ2n) is 4.76. The molecule has 2 rings (SSSR count). The van der Waals surface area contributed by atoms with E-state index in [1.165, 1.54) is 5.56 Å². The second kappa shape index (κ2) is 7.09. The first kappa shape index (κ1) is 15.3. The van der Waals surface area contributed by atoms with Gasteiger partial charge in [0, 0.05) is 10.0 Å². The number of hydrogen-bond acceptors (Lipinski definition) is 2. The molecule has 0 fully saturated rings. The summed E-state index contributed by atoms with van der Waals surface area (Å²) in [5.41, 5.74) is 6.09. The number of hydrazine groups is 1. The van der Waals surface area contributed by atoms with Gasteiger partial charge in [-0.1, -0.05) is 60.8 Å². The molecule has 0 bridgehead atoms. The van der Waals surface area contributed by atoms with Gasteiger partial charge in [-0.2, -0.15) is 0 Å². The third-order valence-electron chi connectivity index (χ3n) is 3.26. The van der Waals surface area contributed by atoms with Gasteiger partial charge < -0.3 is 0 Å². The van der Waals surface area contributed by atoms with Crippen molar-refractivity contribution in [1.82, 2.24) is 5.43 Å². The zero-order valence-corrected chi connectivity index (χ0v) is 12.9. The first-order valence-corrected chi connectivity index (χ1v) is 7.41. The number of halogens is 2. The fourth-order valence-electron chi connectivity index (χ4n) is 2.32. The Morgan fingerprint density at radius 3 is 2.65 bits per heavy atom. The van der Waals surface area contributed by atoms with Crippen molar-refractivity contribution >= 4 is 23.2 Å². The van der Waals surface area contributed by atoms with E-state index >= 15 is 0 Å². The van der Waals surface area contributed by atoms with Gasteiger partial charge in [0.05, 0.1) is 6.04 Å². The molecule has 1 atom stereocenters. The van der Waals surface area contributed by atoms with Crippen LogP contribution >= 0.6 is 23.2 Å². The largest absolute Gasteiger partial charge is 0.271 e. The van der Waals surface area contributed by atoms with E-state index in [0.717, 1.165) is 24.0 Å². The fourth-order valence-corrected chi connectivity index (χ4v) is 2.73. The minimum Gasteiger partial charge on any atom is -0.271 e. The van der Waals surface area contributed by atoms with Gasteiger partial charge in [-0.25, -0.2) is 5.43 Å². The number of nitrogens with one attached hydrogen (secondary N) is 1. The molecule has 2 nitrogen and oxygen atoms in total. The maximum atomic E-state index is 6.27. The fraction of sp³-hybridized carbons (Fsp3) is 0.250. The quantitative estimate of drug-likeness (QED) is 0.630. The maximum absolute atomic E-state index is 6.27. The summed E-state index contributed by atoms with van der Waals surface area (Å²) in [6.07, 6.45) is 2.16. The van der Waals surface area contributed by atoms with Gasteiger partial charge in [0.25, 0.3) is 0 Å². The lowest BCUT2D eigenvalue weighted by molar-refractivity contribution is 0.636. The lowest BCUT2D eigenvalue weighted by atomic mass is 9.96. The average molecular weight is 309 g/mol. The molecule has 3 N–H and O–H groups in total. The molecule has 0 aliphatic carbocycles. The second-order valence-corrected chi connectivity index (χ2v) is 5.60. The van der Waals surface area contributed by atoms with Gasteiger partial charge in [-0.05, 0) is 41.3 Å². The van der Waals surface area contributed by atoms with Gasteiger partial charge in [0.1, 0.15) is 0 Å². The topological polar surface area (TPSA) is 38.0 Å². The highest BCUT2D eigenvalue weighted by atomic mass is 35.5. The molecule has 0 heterocycles. The highest BCUT2D eigenvalue weighted by molar-refractivity contribution is 6.33. The van der Waals surface area contributed by atoms with E-state index < -0.39 is 0 Å². The molecule has 2 aromatic rings. The number of aryl methyl sites for hydroxylation is 1. The molecule has 1 unspecified atom stereocenters. The summed E-state index contributed by atoms with van der Waals surface area (Å²) < 4.78 is 0. The molecular weight excluding hydrogens is 291 g/mol. The summed E-state index contributed by atoms with van der Waals surface area (Å²) in [5.74, 6) is 5.73. The zero-order valence-electron chi connectivity index (χ0n) is 11.4. The summed E-state index contributed by atoms with van der Waals surface area (Å²) in [5, 5.41) is 1.30. The van der Waals surface area contributed by atoms with E-state index in [1.807, 2.05) is 18.2 Å². The van der Waals surface area contributed by atoms with Crippen LogP contribution in [0.4, 0.5) is 0 Å². The predicted molar refractivity (Wildman–Crippen MR) is 86.1 cm³/mol. The molecule has 0 radical (unpaired) electrons. The van der Waals surface area contributed by atoms with Crippen LogP contribution in [0.5, 0.6) is 0 Å². The summed E-state index contributed by atoms with van der Waals surface area (Å²) in [7, 11) is 0. The summed E-state index contributed by atoms with van der Waals surface area (Å²) in [6.45, 7) is 2.17. The van der Waals surface area contributed by atoms with Crippen LogP contribution in [0.1, 0.15) is 36.1 Å². The van der Waals surface area contributed by atoms with E-state index in [1.54, 1.807) is 12.1 Å². The Labute approximate surface area is 129 Å². The summed E-state index contributed by atoms with van der Waals surface area (Å²) in [6, 6.07) is 13.6. The van der Waals surface area contributed by atoms with Crippen molar-refractivity contribution in [3.63, 3.8) is 0 Å². The van der Waals surface area contributed by atoms with Crippen molar-refractivity contribution < 1.29 is 0 Å². The van der Waals surface area contributed by atoms with Gasteiger partial charge in [0.2, 0.25) is 0 Å². The Bertz CT molecular complexity index is 584. The van der Waals surface area contributed by atoms with Crippen LogP contribution in [-0.4, -0.2) is 0 Å². The van der Waals surface area contributed by atoms with E-state index in [2.05, 4.69) is 24.5 Å². The van der Waals surface area contributed by atoms with Crippen LogP contribution in [0, 0.1) is 0 Å². The monoisotopic (exact) mass is 308 g/mol. The molecule has 0 aliphatic heterocycles. The van der Waals surface area contributed by atoms with Gasteiger partial charge in [-0.15, -0.1) is 0 Å². The van der Waals surface area contributed by atoms with E-state index in [0.29, 0.717) is 10.0 Å². The minimum atomic E-state index is -0.169. The molecule has 0 saturated heterocycles. The van der Waals surface area contributed by atoms with Crippen LogP contribution in [0.3, 0.4) is 0 Å². The Balaban J connectivity index is 2.41. The SMILES string of the molecule is CCCc1cccc(C(NN)c2cc(Cl)ccc2Cl)c1. The normalized spacial score (nSPS) is 12.4. The highest BCUT2D eigenvalue weighted by Crippen LogP contribution is 2.30. The molecular formula is C16H18Cl2N2. The van der Waals surface area contributed by atoms with Gasteiger partial charge in [-0.3, -0.25) is 5.84 Å². The van der Waals surface area contributed by atoms with Gasteiger partial charge >= 0.3 is 0 Å². The maximum Gasteiger partial charge on any atom is 0.0725 e. The molecule has 0 amide bonds. The number of hydrogen-bond donors (Lipinski definition) is 2. The molecule has 4 heteroatoms. The molecule has 20 heavy (non-hydrogen) atoms. The van der Waals surface area contributed by atoms with Crippen molar-refractivity contribution in [3.8, 4) is 0 Å². The lowest BCUT2D eigenvalue weighted by Crippen LogP contribution is -2.29. The van der Waals surface area contributed by atoms with Crippen LogP contribution in [0.25, 0.3) is 0 Å². The van der Waals surface area contributed by atoms with Crippen molar-refractivity contribution in [1.29, 1.82) is 0 Å². The molecule has 0 aromatic heterocycles. The summed E-state index contributed by atoms with van der Waals surface area (Å²) >= 11 is 12.3. The third-order valence-corrected chi connectivity index (χ3v) is 3.84. The first-order valence-electron chi connectivity index (χ1n) is 6.65. The molecule has 0 spiro atoms. The molecule has 106 valence electrons. The average Bonchev–Trinajstić information content (AvgIpc) is 2.44.